The Morgan fingerprint density at radius 2 is 2.24 bits per heavy atom. The first-order chi connectivity index (χ1) is 8.33. The molecule has 0 saturated heterocycles. The van der Waals surface area contributed by atoms with Gasteiger partial charge in [-0.1, -0.05) is 29.8 Å². The smallest absolute Gasteiger partial charge is 0.162 e. The highest BCUT2D eigenvalue weighted by Crippen LogP contribution is 2.26. The summed E-state index contributed by atoms with van der Waals surface area (Å²) in [6.07, 6.45) is 2.29. The molecule has 2 aromatic rings. The largest absolute Gasteiger partial charge is 0.320 e. The Morgan fingerprint density at radius 1 is 1.41 bits per heavy atom. The summed E-state index contributed by atoms with van der Waals surface area (Å²) >= 11 is 6.21. The Balaban J connectivity index is 2.30. The number of benzene rings is 1. The minimum Gasteiger partial charge on any atom is -0.320 e. The van der Waals surface area contributed by atoms with Crippen LogP contribution in [0.1, 0.15) is 18.0 Å². The van der Waals surface area contributed by atoms with Crippen molar-refractivity contribution in [2.45, 2.75) is 12.5 Å². The number of hydrogen-bond donors (Lipinski definition) is 1. The van der Waals surface area contributed by atoms with Gasteiger partial charge in [0.2, 0.25) is 0 Å². The number of nitrogens with zero attached hydrogens (tertiary/aromatic N) is 4. The second-order valence-corrected chi connectivity index (χ2v) is 4.09. The highest BCUT2D eigenvalue weighted by Gasteiger charge is 2.17. The van der Waals surface area contributed by atoms with Gasteiger partial charge in [-0.15, -0.1) is 10.2 Å². The molecule has 0 spiro atoms. The van der Waals surface area contributed by atoms with Gasteiger partial charge < -0.3 is 5.32 Å². The molecule has 1 aromatic carbocycles. The molecule has 0 radical (unpaired) electrons. The van der Waals surface area contributed by atoms with Crippen molar-refractivity contribution in [2.75, 3.05) is 13.6 Å². The van der Waals surface area contributed by atoms with E-state index in [1.807, 2.05) is 31.3 Å². The van der Waals surface area contributed by atoms with E-state index < -0.39 is 0 Å². The average Bonchev–Trinajstić information content (AvgIpc) is 2.85. The molecule has 0 aliphatic rings. The van der Waals surface area contributed by atoms with Crippen molar-refractivity contribution in [3.63, 3.8) is 0 Å². The summed E-state index contributed by atoms with van der Waals surface area (Å²) in [6, 6.07) is 7.76. The molecule has 0 saturated carbocycles. The fourth-order valence-electron chi connectivity index (χ4n) is 1.74. The third-order valence-electron chi connectivity index (χ3n) is 2.58. The number of aromatic nitrogens is 4. The molecule has 1 heterocycles. The minimum absolute atomic E-state index is 0.0126. The lowest BCUT2D eigenvalue weighted by atomic mass is 10.0. The summed E-state index contributed by atoms with van der Waals surface area (Å²) in [7, 11) is 1.92. The van der Waals surface area contributed by atoms with E-state index in [4.69, 9.17) is 11.6 Å². The molecule has 6 heteroatoms. The highest BCUT2D eigenvalue weighted by molar-refractivity contribution is 6.31. The van der Waals surface area contributed by atoms with E-state index in [-0.39, 0.29) is 6.04 Å². The second kappa shape index (κ2) is 5.75. The van der Waals surface area contributed by atoms with Crippen molar-refractivity contribution in [2.24, 2.45) is 0 Å². The average molecular weight is 252 g/mol. The summed E-state index contributed by atoms with van der Waals surface area (Å²) in [4.78, 5) is 1.60. The van der Waals surface area contributed by atoms with Gasteiger partial charge >= 0.3 is 0 Å². The molecule has 2 rings (SSSR count). The lowest BCUT2D eigenvalue weighted by Crippen LogP contribution is -2.20. The van der Waals surface area contributed by atoms with Crippen LogP contribution in [0, 0.1) is 0 Å². The second-order valence-electron chi connectivity index (χ2n) is 3.69. The molecule has 1 N–H and O–H groups in total. The summed E-state index contributed by atoms with van der Waals surface area (Å²) in [6.45, 7) is 0.859. The van der Waals surface area contributed by atoms with Gasteiger partial charge in [-0.2, -0.15) is 4.80 Å². The molecule has 17 heavy (non-hydrogen) atoms. The minimum atomic E-state index is 0.0126. The Morgan fingerprint density at radius 3 is 2.88 bits per heavy atom. The van der Waals surface area contributed by atoms with Gasteiger partial charge in [0.1, 0.15) is 6.04 Å². The molecular formula is C11H14ClN5. The molecule has 0 amide bonds. The van der Waals surface area contributed by atoms with Gasteiger partial charge in [0.05, 0.1) is 0 Å². The topological polar surface area (TPSA) is 55.6 Å². The van der Waals surface area contributed by atoms with Crippen LogP contribution in [0.25, 0.3) is 0 Å². The Labute approximate surface area is 105 Å². The quantitative estimate of drug-likeness (QED) is 0.876. The summed E-state index contributed by atoms with van der Waals surface area (Å²) in [5.74, 6) is 0. The fraction of sp³-hybridized carbons (Fsp3) is 0.364. The first-order valence-electron chi connectivity index (χ1n) is 5.44. The van der Waals surface area contributed by atoms with Crippen molar-refractivity contribution in [3.8, 4) is 0 Å². The monoisotopic (exact) mass is 251 g/mol. The van der Waals surface area contributed by atoms with Crippen LogP contribution in [-0.2, 0) is 0 Å². The van der Waals surface area contributed by atoms with Gasteiger partial charge in [0.25, 0.3) is 0 Å². The van der Waals surface area contributed by atoms with Crippen molar-refractivity contribution in [3.05, 3.63) is 41.2 Å². The van der Waals surface area contributed by atoms with E-state index in [0.29, 0.717) is 0 Å². The number of halogens is 1. The highest BCUT2D eigenvalue weighted by atomic mass is 35.5. The Bertz CT molecular complexity index is 457. The van der Waals surface area contributed by atoms with Gasteiger partial charge in [-0.25, -0.2) is 0 Å². The van der Waals surface area contributed by atoms with Crippen LogP contribution in [0.4, 0.5) is 0 Å². The lowest BCUT2D eigenvalue weighted by Gasteiger charge is -2.16. The zero-order valence-corrected chi connectivity index (χ0v) is 10.3. The molecule has 0 aliphatic carbocycles. The molecule has 0 bridgehead atoms. The third-order valence-corrected chi connectivity index (χ3v) is 2.92. The van der Waals surface area contributed by atoms with Crippen LogP contribution >= 0.6 is 11.6 Å². The number of rotatable bonds is 5. The summed E-state index contributed by atoms with van der Waals surface area (Å²) in [5.41, 5.74) is 1.02. The Kier molecular flexibility index (Phi) is 4.06. The van der Waals surface area contributed by atoms with Crippen LogP contribution in [-0.4, -0.2) is 33.8 Å². The van der Waals surface area contributed by atoms with Crippen molar-refractivity contribution < 1.29 is 0 Å². The predicted octanol–water partition coefficient (Wildman–Crippen LogP) is 1.53. The molecule has 0 fully saturated rings. The molecule has 1 aromatic heterocycles. The fourth-order valence-corrected chi connectivity index (χ4v) is 2.00. The van der Waals surface area contributed by atoms with Crippen molar-refractivity contribution >= 4 is 11.6 Å². The van der Waals surface area contributed by atoms with E-state index >= 15 is 0 Å². The van der Waals surface area contributed by atoms with E-state index in [1.54, 1.807) is 4.80 Å². The van der Waals surface area contributed by atoms with Gasteiger partial charge in [-0.3, -0.25) is 0 Å². The van der Waals surface area contributed by atoms with Crippen LogP contribution in [0.3, 0.4) is 0 Å². The van der Waals surface area contributed by atoms with Gasteiger partial charge in [0.15, 0.2) is 6.33 Å². The first kappa shape index (κ1) is 12.0. The van der Waals surface area contributed by atoms with Crippen molar-refractivity contribution in [1.82, 2.24) is 25.5 Å². The van der Waals surface area contributed by atoms with Crippen LogP contribution in [0.5, 0.6) is 0 Å². The number of tetrazole rings is 1. The maximum atomic E-state index is 6.21. The molecule has 5 nitrogen and oxygen atoms in total. The maximum Gasteiger partial charge on any atom is 0.162 e. The van der Waals surface area contributed by atoms with Gasteiger partial charge in [0, 0.05) is 5.02 Å². The van der Waals surface area contributed by atoms with E-state index in [2.05, 4.69) is 20.7 Å². The SMILES string of the molecule is CNCCC(c1ccccc1Cl)n1ncnn1. The van der Waals surface area contributed by atoms with Crippen LogP contribution in [0.15, 0.2) is 30.6 Å². The Hall–Kier alpha value is -1.46. The van der Waals surface area contributed by atoms with E-state index in [1.165, 1.54) is 6.33 Å². The normalized spacial score (nSPS) is 12.6. The summed E-state index contributed by atoms with van der Waals surface area (Å²) < 4.78 is 0. The molecular weight excluding hydrogens is 238 g/mol. The first-order valence-corrected chi connectivity index (χ1v) is 5.82. The zero-order valence-electron chi connectivity index (χ0n) is 9.55. The predicted molar refractivity (Wildman–Crippen MR) is 66.0 cm³/mol. The number of hydrogen-bond acceptors (Lipinski definition) is 4. The van der Waals surface area contributed by atoms with Crippen LogP contribution in [0.2, 0.25) is 5.02 Å². The molecule has 1 unspecified atom stereocenters. The molecule has 0 aliphatic heterocycles. The van der Waals surface area contributed by atoms with E-state index in [9.17, 15) is 0 Å². The summed E-state index contributed by atoms with van der Waals surface area (Å²) in [5, 5.41) is 15.6. The van der Waals surface area contributed by atoms with Crippen molar-refractivity contribution in [1.29, 1.82) is 0 Å². The maximum absolute atomic E-state index is 6.21. The van der Waals surface area contributed by atoms with E-state index in [0.717, 1.165) is 23.6 Å². The standard InChI is InChI=1S/C11H14ClN5/c1-13-7-6-11(17-15-8-14-16-17)9-4-2-3-5-10(9)12/h2-5,8,11,13H,6-7H2,1H3. The lowest BCUT2D eigenvalue weighted by molar-refractivity contribution is 0.422. The zero-order chi connectivity index (χ0) is 12.1. The molecule has 1 atom stereocenters. The third kappa shape index (κ3) is 2.81. The number of nitrogens with one attached hydrogen (secondary N) is 1. The molecule has 90 valence electrons. The van der Waals surface area contributed by atoms with Gasteiger partial charge in [-0.05, 0) is 36.9 Å². The van der Waals surface area contributed by atoms with Crippen LogP contribution < -0.4 is 5.32 Å².